The third-order valence-electron chi connectivity index (χ3n) is 5.72. The first-order chi connectivity index (χ1) is 15.1. The van der Waals surface area contributed by atoms with Gasteiger partial charge in [-0.25, -0.2) is 4.79 Å². The van der Waals surface area contributed by atoms with Crippen molar-refractivity contribution in [2.75, 3.05) is 7.11 Å². The number of allylic oxidation sites excluding steroid dienone is 5. The smallest absolute Gasteiger partial charge is 0.337 e. The van der Waals surface area contributed by atoms with Gasteiger partial charge in [0.25, 0.3) is 0 Å². The van der Waals surface area contributed by atoms with Crippen molar-refractivity contribution in [3.8, 4) is 0 Å². The number of aromatic nitrogens is 1. The number of nitrogens with zero attached hydrogens (tertiary/aromatic N) is 1. The number of methoxy groups -OCH3 is 1. The summed E-state index contributed by atoms with van der Waals surface area (Å²) < 4.78 is 6.92. The molecule has 3 nitrogen and oxygen atoms in total. The standard InChI is InChI=1S/C28H27NO2/c1-21(18-22-6-4-3-5-7-22)24-12-14-25(15-13-24)27-16-17-29(20-27)19-23-8-10-26(11-9-23)28(30)31-2/h3-12,14-17,20,24H,1,13,18-19H2,2H3/t24-/m0/s1. The molecule has 3 heteroatoms. The Kier molecular flexibility index (Phi) is 6.32. The van der Waals surface area contributed by atoms with Gasteiger partial charge in [-0.2, -0.15) is 0 Å². The molecule has 0 unspecified atom stereocenters. The molecule has 0 spiro atoms. The summed E-state index contributed by atoms with van der Waals surface area (Å²) in [6, 6.07) is 20.2. The Morgan fingerprint density at radius 1 is 1.06 bits per heavy atom. The highest BCUT2D eigenvalue weighted by Crippen LogP contribution is 2.29. The van der Waals surface area contributed by atoms with Crippen molar-refractivity contribution in [2.24, 2.45) is 5.92 Å². The minimum atomic E-state index is -0.310. The molecule has 1 heterocycles. The molecule has 1 atom stereocenters. The molecule has 0 aliphatic heterocycles. The molecule has 0 saturated carbocycles. The van der Waals surface area contributed by atoms with Gasteiger partial charge in [0.15, 0.2) is 0 Å². The Bertz CT molecular complexity index is 1120. The zero-order valence-corrected chi connectivity index (χ0v) is 17.8. The molecule has 0 N–H and O–H groups in total. The summed E-state index contributed by atoms with van der Waals surface area (Å²) in [5.41, 5.74) is 6.75. The third-order valence-corrected chi connectivity index (χ3v) is 5.72. The van der Waals surface area contributed by atoms with E-state index in [9.17, 15) is 4.79 Å². The van der Waals surface area contributed by atoms with Crippen LogP contribution in [0.3, 0.4) is 0 Å². The van der Waals surface area contributed by atoms with Crippen LogP contribution in [0, 0.1) is 5.92 Å². The lowest BCUT2D eigenvalue weighted by atomic mass is 9.86. The van der Waals surface area contributed by atoms with Gasteiger partial charge >= 0.3 is 5.97 Å². The van der Waals surface area contributed by atoms with Crippen molar-refractivity contribution in [1.82, 2.24) is 4.57 Å². The van der Waals surface area contributed by atoms with Crippen molar-refractivity contribution >= 4 is 11.5 Å². The number of esters is 1. The van der Waals surface area contributed by atoms with Crippen molar-refractivity contribution in [3.05, 3.63) is 126 Å². The van der Waals surface area contributed by atoms with E-state index in [2.05, 4.69) is 72.1 Å². The second-order valence-corrected chi connectivity index (χ2v) is 7.94. The number of ether oxygens (including phenoxy) is 1. The van der Waals surface area contributed by atoms with Gasteiger partial charge in [-0.05, 0) is 53.3 Å². The van der Waals surface area contributed by atoms with Crippen LogP contribution in [-0.2, 0) is 17.7 Å². The lowest BCUT2D eigenvalue weighted by Crippen LogP contribution is -2.05. The Labute approximate surface area is 184 Å². The fraction of sp³-hybridized carbons (Fsp3) is 0.179. The quantitative estimate of drug-likeness (QED) is 0.350. The topological polar surface area (TPSA) is 31.2 Å². The van der Waals surface area contributed by atoms with Crippen LogP contribution in [0.5, 0.6) is 0 Å². The van der Waals surface area contributed by atoms with E-state index < -0.39 is 0 Å². The Hall–Kier alpha value is -3.59. The highest BCUT2D eigenvalue weighted by molar-refractivity contribution is 5.89. The van der Waals surface area contributed by atoms with Crippen LogP contribution in [0.2, 0.25) is 0 Å². The summed E-state index contributed by atoms with van der Waals surface area (Å²) >= 11 is 0. The molecule has 156 valence electrons. The number of carbonyl (C=O) groups is 1. The van der Waals surface area contributed by atoms with E-state index in [0.717, 1.165) is 24.9 Å². The van der Waals surface area contributed by atoms with Gasteiger partial charge in [0.2, 0.25) is 0 Å². The average molecular weight is 410 g/mol. The maximum atomic E-state index is 11.6. The van der Waals surface area contributed by atoms with Gasteiger partial charge in [-0.15, -0.1) is 0 Å². The molecule has 0 saturated heterocycles. The zero-order chi connectivity index (χ0) is 21.6. The molecule has 0 fully saturated rings. The number of hydrogen-bond acceptors (Lipinski definition) is 2. The minimum Gasteiger partial charge on any atom is -0.465 e. The second kappa shape index (κ2) is 9.48. The highest BCUT2D eigenvalue weighted by Gasteiger charge is 2.14. The molecule has 2 aromatic carbocycles. The van der Waals surface area contributed by atoms with E-state index in [4.69, 9.17) is 4.74 Å². The van der Waals surface area contributed by atoms with E-state index >= 15 is 0 Å². The second-order valence-electron chi connectivity index (χ2n) is 7.94. The van der Waals surface area contributed by atoms with Gasteiger partial charge < -0.3 is 9.30 Å². The van der Waals surface area contributed by atoms with E-state index in [-0.39, 0.29) is 5.97 Å². The van der Waals surface area contributed by atoms with E-state index in [1.54, 1.807) is 12.1 Å². The molecule has 0 amide bonds. The van der Waals surface area contributed by atoms with Crippen molar-refractivity contribution in [2.45, 2.75) is 19.4 Å². The molecule has 3 aromatic rings. The summed E-state index contributed by atoms with van der Waals surface area (Å²) in [6.45, 7) is 5.09. The summed E-state index contributed by atoms with van der Waals surface area (Å²) in [7, 11) is 1.40. The maximum absolute atomic E-state index is 11.6. The number of rotatable bonds is 7. The molecular formula is C28H27NO2. The van der Waals surface area contributed by atoms with Gasteiger partial charge in [0.05, 0.1) is 12.7 Å². The van der Waals surface area contributed by atoms with Crippen LogP contribution >= 0.6 is 0 Å². The Morgan fingerprint density at radius 3 is 2.52 bits per heavy atom. The van der Waals surface area contributed by atoms with Crippen molar-refractivity contribution < 1.29 is 9.53 Å². The van der Waals surface area contributed by atoms with E-state index in [1.165, 1.54) is 29.4 Å². The molecule has 1 aliphatic rings. The molecule has 4 rings (SSSR count). The fourth-order valence-corrected chi connectivity index (χ4v) is 3.91. The first-order valence-electron chi connectivity index (χ1n) is 10.6. The largest absolute Gasteiger partial charge is 0.465 e. The first kappa shape index (κ1) is 20.7. The maximum Gasteiger partial charge on any atom is 0.337 e. The lowest BCUT2D eigenvalue weighted by Gasteiger charge is -2.18. The minimum absolute atomic E-state index is 0.310. The van der Waals surface area contributed by atoms with Crippen LogP contribution in [-0.4, -0.2) is 17.6 Å². The van der Waals surface area contributed by atoms with Gasteiger partial charge in [-0.3, -0.25) is 0 Å². The van der Waals surface area contributed by atoms with Gasteiger partial charge in [0.1, 0.15) is 0 Å². The number of carbonyl (C=O) groups excluding carboxylic acids is 1. The Balaban J connectivity index is 1.36. The summed E-state index contributed by atoms with van der Waals surface area (Å²) in [5, 5.41) is 0. The SMILES string of the molecule is C=C(Cc1ccccc1)[C@H]1C=CC(c2ccn(Cc3ccc(C(=O)OC)cc3)c2)=CC1. The van der Waals surface area contributed by atoms with Crippen molar-refractivity contribution in [1.29, 1.82) is 0 Å². The lowest BCUT2D eigenvalue weighted by molar-refractivity contribution is 0.0600. The molecule has 0 bridgehead atoms. The Morgan fingerprint density at radius 2 is 1.84 bits per heavy atom. The molecule has 1 aromatic heterocycles. The first-order valence-corrected chi connectivity index (χ1v) is 10.6. The van der Waals surface area contributed by atoms with Crippen LogP contribution < -0.4 is 0 Å². The van der Waals surface area contributed by atoms with E-state index in [0.29, 0.717) is 11.5 Å². The highest BCUT2D eigenvalue weighted by atomic mass is 16.5. The van der Waals surface area contributed by atoms with E-state index in [1.807, 2.05) is 18.2 Å². The summed E-state index contributed by atoms with van der Waals surface area (Å²) in [5.74, 6) is 0.0787. The van der Waals surface area contributed by atoms with Gasteiger partial charge in [0, 0.05) is 24.9 Å². The van der Waals surface area contributed by atoms with Crippen LogP contribution in [0.4, 0.5) is 0 Å². The van der Waals surface area contributed by atoms with Crippen LogP contribution in [0.25, 0.3) is 5.57 Å². The van der Waals surface area contributed by atoms with Crippen LogP contribution in [0.1, 0.15) is 33.5 Å². The summed E-state index contributed by atoms with van der Waals surface area (Å²) in [6.07, 6.45) is 13.0. The fourth-order valence-electron chi connectivity index (χ4n) is 3.91. The van der Waals surface area contributed by atoms with Gasteiger partial charge in [-0.1, -0.05) is 72.8 Å². The molecule has 31 heavy (non-hydrogen) atoms. The number of hydrogen-bond donors (Lipinski definition) is 0. The predicted octanol–water partition coefficient (Wildman–Crippen LogP) is 6.08. The number of benzene rings is 2. The zero-order valence-electron chi connectivity index (χ0n) is 17.8. The summed E-state index contributed by atoms with van der Waals surface area (Å²) in [4.78, 5) is 11.6. The molecule has 0 radical (unpaired) electrons. The molecular weight excluding hydrogens is 382 g/mol. The normalized spacial score (nSPS) is 15.4. The average Bonchev–Trinajstić information content (AvgIpc) is 3.28. The van der Waals surface area contributed by atoms with Crippen LogP contribution in [0.15, 0.2) is 103 Å². The monoisotopic (exact) mass is 409 g/mol. The third kappa shape index (κ3) is 5.13. The predicted molar refractivity (Wildman–Crippen MR) is 126 cm³/mol. The molecule has 1 aliphatic carbocycles. The van der Waals surface area contributed by atoms with Crippen molar-refractivity contribution in [3.63, 3.8) is 0 Å².